The number of hydrogen-bond acceptors (Lipinski definition) is 2. The van der Waals surface area contributed by atoms with Crippen LogP contribution in [-0.2, 0) is 4.79 Å². The summed E-state index contributed by atoms with van der Waals surface area (Å²) in [6.45, 7) is 1.78. The van der Waals surface area contributed by atoms with E-state index in [-0.39, 0.29) is 0 Å². The Morgan fingerprint density at radius 3 is 2.60 bits per heavy atom. The van der Waals surface area contributed by atoms with Crippen LogP contribution in [0.5, 0.6) is 0 Å². The lowest BCUT2D eigenvalue weighted by Crippen LogP contribution is -2.09. The fourth-order valence-corrected chi connectivity index (χ4v) is 0.356. The Balaban J connectivity index is 4.13. The van der Waals surface area contributed by atoms with Crippen molar-refractivity contribution in [2.75, 3.05) is 0 Å². The number of carbonyl (C=O) groups is 1. The molecule has 56 valence electrons. The third-order valence-corrected chi connectivity index (χ3v) is 1.18. The zero-order valence-electron chi connectivity index (χ0n) is 5.46. The molecule has 0 aromatic rings. The summed E-state index contributed by atoms with van der Waals surface area (Å²) >= 11 is 3.81. The molecule has 4 nitrogen and oxygen atoms in total. The van der Waals surface area contributed by atoms with Crippen molar-refractivity contribution in [2.24, 2.45) is 4.99 Å². The number of rotatable bonds is 1. The van der Waals surface area contributed by atoms with Crippen molar-refractivity contribution < 1.29 is 9.90 Å². The molecule has 0 spiro atoms. The fourth-order valence-electron chi connectivity index (χ4n) is 0.256. The van der Waals surface area contributed by atoms with E-state index in [0.29, 0.717) is 11.5 Å². The van der Waals surface area contributed by atoms with Gasteiger partial charge in [0.2, 0.25) is 5.84 Å². The van der Waals surface area contributed by atoms with Crippen LogP contribution in [0.15, 0.2) is 4.99 Å². The second-order valence-corrected chi connectivity index (χ2v) is 2.05. The summed E-state index contributed by atoms with van der Waals surface area (Å²) in [7, 11) is 0. The normalized spacial score (nSPS) is 11.2. The van der Waals surface area contributed by atoms with E-state index in [4.69, 9.17) is 10.5 Å². The third-order valence-electron chi connectivity index (χ3n) is 0.760. The average molecular weight is 160 g/mol. The number of nitrogens with zero attached hydrogens (tertiary/aromatic N) is 1. The Bertz CT molecular complexity index is 188. The van der Waals surface area contributed by atoms with E-state index in [2.05, 4.69) is 17.6 Å². The topological polar surface area (TPSA) is 73.5 Å². The molecule has 0 bridgehead atoms. The van der Waals surface area contributed by atoms with E-state index < -0.39 is 11.8 Å². The van der Waals surface area contributed by atoms with Gasteiger partial charge in [-0.05, 0) is 6.42 Å². The summed E-state index contributed by atoms with van der Waals surface area (Å²) in [6, 6.07) is 0. The zero-order valence-corrected chi connectivity index (χ0v) is 6.35. The maximum Gasteiger partial charge on any atom is 0.373 e. The highest BCUT2D eigenvalue weighted by Gasteiger charge is 2.03. The van der Waals surface area contributed by atoms with Crippen LogP contribution in [0.4, 0.5) is 0 Å². The predicted octanol–water partition coefficient (Wildman–Crippen LogP) is 0.787. The molecule has 0 aliphatic carbocycles. The molecule has 0 saturated heterocycles. The van der Waals surface area contributed by atoms with Crippen molar-refractivity contribution in [3.8, 4) is 0 Å². The first kappa shape index (κ1) is 9.16. The van der Waals surface area contributed by atoms with E-state index in [1.807, 2.05) is 0 Å². The van der Waals surface area contributed by atoms with Crippen LogP contribution in [0.3, 0.4) is 0 Å². The molecule has 0 aliphatic rings. The first-order valence-corrected chi connectivity index (χ1v) is 3.11. The summed E-state index contributed by atoms with van der Waals surface area (Å²) in [5.41, 5.74) is 0. The molecule has 0 aromatic carbocycles. The molecule has 10 heavy (non-hydrogen) atoms. The fraction of sp³-hybridized carbons (Fsp3) is 0.400. The van der Waals surface area contributed by atoms with Gasteiger partial charge in [-0.25, -0.2) is 9.79 Å². The lowest BCUT2D eigenvalue weighted by Gasteiger charge is -1.91. The number of thiol groups is 1. The highest BCUT2D eigenvalue weighted by molar-refractivity contribution is 7.97. The van der Waals surface area contributed by atoms with Crippen molar-refractivity contribution in [3.63, 3.8) is 0 Å². The molecule has 0 aliphatic heterocycles. The van der Waals surface area contributed by atoms with E-state index in [1.165, 1.54) is 0 Å². The number of amidine groups is 1. The van der Waals surface area contributed by atoms with Crippen molar-refractivity contribution in [1.82, 2.24) is 0 Å². The molecule has 0 radical (unpaired) electrons. The van der Waals surface area contributed by atoms with Gasteiger partial charge in [-0.1, -0.05) is 6.92 Å². The summed E-state index contributed by atoms with van der Waals surface area (Å²) in [6.07, 6.45) is 0.540. The van der Waals surface area contributed by atoms with Gasteiger partial charge < -0.3 is 5.11 Å². The van der Waals surface area contributed by atoms with Crippen LogP contribution in [0, 0.1) is 5.41 Å². The number of aliphatic imine (C=N–C) groups is 1. The van der Waals surface area contributed by atoms with Crippen LogP contribution in [-0.4, -0.2) is 22.0 Å². The molecule has 5 heteroatoms. The Kier molecular flexibility index (Phi) is 3.71. The monoisotopic (exact) mass is 160 g/mol. The molecule has 0 aromatic heterocycles. The number of aliphatic carboxylic acids is 1. The predicted molar refractivity (Wildman–Crippen MR) is 42.1 cm³/mol. The molecule has 0 rings (SSSR count). The minimum atomic E-state index is -1.33. The smallest absolute Gasteiger partial charge is 0.373 e. The highest BCUT2D eigenvalue weighted by Crippen LogP contribution is 1.91. The molecule has 0 unspecified atom stereocenters. The summed E-state index contributed by atoms with van der Waals surface area (Å²) in [4.78, 5) is 13.3. The number of hydrogen-bond donors (Lipinski definition) is 3. The number of carboxylic acids is 1. The molecular formula is C5H8N2O2S. The maximum atomic E-state index is 9.99. The Morgan fingerprint density at radius 2 is 2.30 bits per heavy atom. The van der Waals surface area contributed by atoms with Gasteiger partial charge >= 0.3 is 5.97 Å². The molecule has 0 fully saturated rings. The Hall–Kier alpha value is -0.840. The van der Waals surface area contributed by atoms with Gasteiger partial charge in [-0.2, -0.15) is 0 Å². The van der Waals surface area contributed by atoms with Gasteiger partial charge in [0, 0.05) is 0 Å². The van der Waals surface area contributed by atoms with Crippen molar-refractivity contribution in [1.29, 1.82) is 5.41 Å². The van der Waals surface area contributed by atoms with E-state index in [0.717, 1.165) is 0 Å². The second-order valence-electron chi connectivity index (χ2n) is 1.54. The standard InChI is InChI=1S/C5H8N2O2S/c1-2-3(10)7-4(6)5(8)9/h2H2,1H3,(H,8,9)(H2,6,7,10). The van der Waals surface area contributed by atoms with Gasteiger partial charge in [0.25, 0.3) is 0 Å². The van der Waals surface area contributed by atoms with Crippen LogP contribution in [0.2, 0.25) is 0 Å². The quantitative estimate of drug-likeness (QED) is 0.301. The van der Waals surface area contributed by atoms with Crippen LogP contribution < -0.4 is 0 Å². The third kappa shape index (κ3) is 3.24. The number of carboxylic acid groups (broad SMARTS) is 1. The second kappa shape index (κ2) is 4.05. The van der Waals surface area contributed by atoms with Crippen LogP contribution in [0.1, 0.15) is 13.3 Å². The van der Waals surface area contributed by atoms with Crippen LogP contribution in [0.25, 0.3) is 0 Å². The van der Waals surface area contributed by atoms with E-state index in [1.54, 1.807) is 6.92 Å². The lowest BCUT2D eigenvalue weighted by atomic mass is 10.5. The largest absolute Gasteiger partial charge is 0.475 e. The highest BCUT2D eigenvalue weighted by atomic mass is 32.1. The molecule has 2 N–H and O–H groups in total. The Morgan fingerprint density at radius 1 is 1.80 bits per heavy atom. The van der Waals surface area contributed by atoms with Crippen molar-refractivity contribution in [3.05, 3.63) is 0 Å². The SMILES string of the molecule is CC/C(S)=N\C(=N)C(=O)O. The molecule has 0 atom stereocenters. The summed E-state index contributed by atoms with van der Waals surface area (Å²) in [5.74, 6) is -2.01. The zero-order chi connectivity index (χ0) is 8.15. The average Bonchev–Trinajstić information content (AvgIpc) is 1.87. The molecular weight excluding hydrogens is 152 g/mol. The Labute approximate surface area is 63.9 Å². The van der Waals surface area contributed by atoms with E-state index >= 15 is 0 Å². The molecule has 0 amide bonds. The minimum Gasteiger partial charge on any atom is -0.475 e. The lowest BCUT2D eigenvalue weighted by molar-refractivity contribution is -0.129. The van der Waals surface area contributed by atoms with Crippen molar-refractivity contribution >= 4 is 29.5 Å². The van der Waals surface area contributed by atoms with E-state index in [9.17, 15) is 4.79 Å². The number of nitrogens with one attached hydrogen (secondary N) is 1. The van der Waals surface area contributed by atoms with Crippen LogP contribution >= 0.6 is 12.6 Å². The van der Waals surface area contributed by atoms with Gasteiger partial charge in [0.1, 0.15) is 0 Å². The minimum absolute atomic E-state index is 0.354. The first-order chi connectivity index (χ1) is 4.57. The molecule has 0 heterocycles. The summed E-state index contributed by atoms with van der Waals surface area (Å²) < 4.78 is 0. The molecule has 0 saturated carbocycles. The van der Waals surface area contributed by atoms with Gasteiger partial charge in [0.05, 0.1) is 5.04 Å². The first-order valence-electron chi connectivity index (χ1n) is 2.66. The maximum absolute atomic E-state index is 9.99. The van der Waals surface area contributed by atoms with Crippen molar-refractivity contribution in [2.45, 2.75) is 13.3 Å². The van der Waals surface area contributed by atoms with Gasteiger partial charge in [-0.15, -0.1) is 12.6 Å². The summed E-state index contributed by atoms with van der Waals surface area (Å²) in [5, 5.41) is 15.3. The van der Waals surface area contributed by atoms with Gasteiger partial charge in [-0.3, -0.25) is 5.41 Å². The van der Waals surface area contributed by atoms with Gasteiger partial charge in [0.15, 0.2) is 0 Å².